The average molecular weight is 400 g/mol. The molecule has 2 aromatic rings. The van der Waals surface area contributed by atoms with Gasteiger partial charge in [-0.15, -0.1) is 0 Å². The second kappa shape index (κ2) is 9.65. The zero-order valence-corrected chi connectivity index (χ0v) is 17.7. The number of hydrogen-bond acceptors (Lipinski definition) is 4. The summed E-state index contributed by atoms with van der Waals surface area (Å²) in [7, 11) is 1.60. The third kappa shape index (κ3) is 4.82. The van der Waals surface area contributed by atoms with Gasteiger partial charge in [-0.05, 0) is 50.6 Å². The minimum absolute atomic E-state index is 0.0103. The number of methoxy groups -OCH3 is 1. The fourth-order valence-corrected chi connectivity index (χ4v) is 3.75. The number of amides is 1. The van der Waals surface area contributed by atoms with Crippen LogP contribution in [0.5, 0.6) is 17.2 Å². The highest BCUT2D eigenvalue weighted by molar-refractivity contribution is 5.94. The second-order valence-electron chi connectivity index (χ2n) is 7.18. The van der Waals surface area contributed by atoms with E-state index in [-0.39, 0.29) is 11.9 Å². The molecule has 6 heteroatoms. The number of benzene rings is 2. The van der Waals surface area contributed by atoms with Gasteiger partial charge < -0.3 is 24.4 Å². The Morgan fingerprint density at radius 3 is 2.38 bits per heavy atom. The maximum absolute atomic E-state index is 12.9. The molecule has 0 aromatic heterocycles. The molecule has 1 heterocycles. The lowest BCUT2D eigenvalue weighted by Gasteiger charge is -2.30. The van der Waals surface area contributed by atoms with Crippen LogP contribution in [-0.4, -0.2) is 38.8 Å². The highest BCUT2D eigenvalue weighted by Gasteiger charge is 2.30. The number of para-hydroxylation sites is 2. The van der Waals surface area contributed by atoms with Gasteiger partial charge in [-0.3, -0.25) is 4.79 Å². The van der Waals surface area contributed by atoms with Gasteiger partial charge in [0, 0.05) is 12.0 Å². The van der Waals surface area contributed by atoms with Crippen LogP contribution >= 0.6 is 0 Å². The standard InChI is InChI=1S/C23H30N2O4/c1-5-28-21-13-17-11-12-25(15-18(17)14-22(21)29-6-2)16(3)23(26)24-19-9-7-8-10-20(19)27-4/h7-10,13-14,16H,5-6,11-12,15H2,1-4H3,(H,24,26)/p+1/t16-/m0/s1. The monoisotopic (exact) mass is 399 g/mol. The molecule has 0 aliphatic carbocycles. The third-order valence-corrected chi connectivity index (χ3v) is 5.37. The summed E-state index contributed by atoms with van der Waals surface area (Å²) in [4.78, 5) is 14.1. The Morgan fingerprint density at radius 1 is 1.07 bits per heavy atom. The van der Waals surface area contributed by atoms with Gasteiger partial charge in [0.05, 0.1) is 32.6 Å². The minimum Gasteiger partial charge on any atom is -0.495 e. The molecule has 0 fully saturated rings. The molecular weight excluding hydrogens is 368 g/mol. The summed E-state index contributed by atoms with van der Waals surface area (Å²) in [6.45, 7) is 8.79. The number of nitrogens with one attached hydrogen (secondary N) is 2. The van der Waals surface area contributed by atoms with Crippen molar-refractivity contribution in [1.82, 2.24) is 0 Å². The third-order valence-electron chi connectivity index (χ3n) is 5.37. The predicted molar refractivity (Wildman–Crippen MR) is 113 cm³/mol. The molecule has 3 rings (SSSR count). The van der Waals surface area contributed by atoms with E-state index < -0.39 is 0 Å². The summed E-state index contributed by atoms with van der Waals surface area (Å²) in [5.74, 6) is 2.24. The van der Waals surface area contributed by atoms with Crippen LogP contribution in [0.25, 0.3) is 0 Å². The van der Waals surface area contributed by atoms with Crippen molar-refractivity contribution >= 4 is 11.6 Å². The Balaban J connectivity index is 1.73. The van der Waals surface area contributed by atoms with Crippen molar-refractivity contribution in [1.29, 1.82) is 0 Å². The minimum atomic E-state index is -0.185. The molecule has 29 heavy (non-hydrogen) atoms. The summed E-state index contributed by atoms with van der Waals surface area (Å²) >= 11 is 0. The number of quaternary nitrogens is 1. The van der Waals surface area contributed by atoms with E-state index in [4.69, 9.17) is 14.2 Å². The van der Waals surface area contributed by atoms with Crippen LogP contribution in [0.4, 0.5) is 5.69 Å². The SMILES string of the molecule is CCOc1cc2c(cc1OCC)C[NH+]([C@@H](C)C(=O)Nc1ccccc1OC)CC2. The number of ether oxygens (including phenoxy) is 3. The average Bonchev–Trinajstić information content (AvgIpc) is 2.74. The molecule has 156 valence electrons. The first kappa shape index (κ1) is 21.0. The van der Waals surface area contributed by atoms with Crippen molar-refractivity contribution in [2.75, 3.05) is 32.2 Å². The molecule has 0 saturated carbocycles. The summed E-state index contributed by atoms with van der Waals surface area (Å²) in [6.07, 6.45) is 0.906. The van der Waals surface area contributed by atoms with Gasteiger partial charge in [0.15, 0.2) is 17.5 Å². The van der Waals surface area contributed by atoms with Crippen LogP contribution in [0.1, 0.15) is 31.9 Å². The molecule has 2 atom stereocenters. The molecule has 2 aromatic carbocycles. The molecule has 1 unspecified atom stereocenters. The Bertz CT molecular complexity index is 853. The number of rotatable bonds is 8. The maximum Gasteiger partial charge on any atom is 0.282 e. The number of anilines is 1. The number of carbonyl (C=O) groups is 1. The molecule has 6 nitrogen and oxygen atoms in total. The van der Waals surface area contributed by atoms with E-state index in [0.29, 0.717) is 24.7 Å². The van der Waals surface area contributed by atoms with Gasteiger partial charge in [0.2, 0.25) is 0 Å². The molecule has 0 saturated heterocycles. The predicted octanol–water partition coefficient (Wildman–Crippen LogP) is 2.46. The number of carbonyl (C=O) groups excluding carboxylic acids is 1. The molecule has 1 aliphatic heterocycles. The molecule has 0 spiro atoms. The highest BCUT2D eigenvalue weighted by Crippen LogP contribution is 2.32. The Morgan fingerprint density at radius 2 is 1.72 bits per heavy atom. The number of hydrogen-bond donors (Lipinski definition) is 2. The van der Waals surface area contributed by atoms with Crippen LogP contribution < -0.4 is 24.4 Å². The van der Waals surface area contributed by atoms with Gasteiger partial charge in [-0.25, -0.2) is 0 Å². The smallest absolute Gasteiger partial charge is 0.282 e. The Labute approximate surface area is 172 Å². The van der Waals surface area contributed by atoms with Crippen molar-refractivity contribution in [3.63, 3.8) is 0 Å². The largest absolute Gasteiger partial charge is 0.495 e. The molecular formula is C23H31N2O4+. The first-order valence-electron chi connectivity index (χ1n) is 10.3. The first-order chi connectivity index (χ1) is 14.1. The Hall–Kier alpha value is -2.73. The van der Waals surface area contributed by atoms with Crippen LogP contribution in [0.2, 0.25) is 0 Å². The van der Waals surface area contributed by atoms with Crippen LogP contribution in [0.15, 0.2) is 36.4 Å². The highest BCUT2D eigenvalue weighted by atomic mass is 16.5. The van der Waals surface area contributed by atoms with E-state index in [2.05, 4.69) is 17.4 Å². The lowest BCUT2D eigenvalue weighted by molar-refractivity contribution is -0.929. The fourth-order valence-electron chi connectivity index (χ4n) is 3.75. The summed E-state index contributed by atoms with van der Waals surface area (Å²) < 4.78 is 16.9. The van der Waals surface area contributed by atoms with Gasteiger partial charge in [0.25, 0.3) is 5.91 Å². The van der Waals surface area contributed by atoms with Crippen molar-refractivity contribution in [2.24, 2.45) is 0 Å². The van der Waals surface area contributed by atoms with Crippen LogP contribution in [0, 0.1) is 0 Å². The van der Waals surface area contributed by atoms with Gasteiger partial charge in [-0.2, -0.15) is 0 Å². The van der Waals surface area contributed by atoms with Gasteiger partial charge >= 0.3 is 0 Å². The first-order valence-corrected chi connectivity index (χ1v) is 10.3. The molecule has 1 amide bonds. The van der Waals surface area contributed by atoms with E-state index in [1.165, 1.54) is 16.0 Å². The van der Waals surface area contributed by atoms with Crippen molar-refractivity contribution in [2.45, 2.75) is 39.8 Å². The lowest BCUT2D eigenvalue weighted by atomic mass is 9.97. The summed E-state index contributed by atoms with van der Waals surface area (Å²) in [6, 6.07) is 11.5. The molecule has 2 N–H and O–H groups in total. The van der Waals surface area contributed by atoms with E-state index >= 15 is 0 Å². The summed E-state index contributed by atoms with van der Waals surface area (Å²) in [5, 5.41) is 3.01. The van der Waals surface area contributed by atoms with Crippen LogP contribution in [-0.2, 0) is 17.8 Å². The molecule has 0 radical (unpaired) electrons. The van der Waals surface area contributed by atoms with Crippen molar-refractivity contribution in [3.8, 4) is 17.2 Å². The van der Waals surface area contributed by atoms with Crippen molar-refractivity contribution in [3.05, 3.63) is 47.5 Å². The lowest BCUT2D eigenvalue weighted by Crippen LogP contribution is -3.16. The topological polar surface area (TPSA) is 61.2 Å². The normalized spacial score (nSPS) is 16.5. The zero-order chi connectivity index (χ0) is 20.8. The van der Waals surface area contributed by atoms with E-state index in [1.807, 2.05) is 45.0 Å². The fraction of sp³-hybridized carbons (Fsp3) is 0.435. The molecule has 1 aliphatic rings. The van der Waals surface area contributed by atoms with E-state index in [9.17, 15) is 4.79 Å². The second-order valence-corrected chi connectivity index (χ2v) is 7.18. The molecule has 0 bridgehead atoms. The van der Waals surface area contributed by atoms with Crippen LogP contribution in [0.3, 0.4) is 0 Å². The quantitative estimate of drug-likeness (QED) is 0.716. The van der Waals surface area contributed by atoms with Gasteiger partial charge in [0.1, 0.15) is 12.3 Å². The van der Waals surface area contributed by atoms with Crippen molar-refractivity contribution < 1.29 is 23.9 Å². The Kier molecular flexibility index (Phi) is 6.99. The van der Waals surface area contributed by atoms with E-state index in [0.717, 1.165) is 31.0 Å². The summed E-state index contributed by atoms with van der Waals surface area (Å²) in [5.41, 5.74) is 3.19. The van der Waals surface area contributed by atoms with E-state index in [1.54, 1.807) is 7.11 Å². The van der Waals surface area contributed by atoms with Gasteiger partial charge in [-0.1, -0.05) is 12.1 Å². The zero-order valence-electron chi connectivity index (χ0n) is 17.7. The maximum atomic E-state index is 12.9. The number of fused-ring (bicyclic) bond motifs is 1.